The molecule has 0 bridgehead atoms. The van der Waals surface area contributed by atoms with E-state index in [1.165, 1.54) is 30.4 Å². The van der Waals surface area contributed by atoms with Gasteiger partial charge in [-0.2, -0.15) is 0 Å². The molecular weight excluding hydrogens is 234 g/mol. The third-order valence-electron chi connectivity index (χ3n) is 4.46. The molecule has 2 heteroatoms. The first-order valence-corrected chi connectivity index (χ1v) is 7.39. The summed E-state index contributed by atoms with van der Waals surface area (Å²) in [5.74, 6) is 0. The fourth-order valence-corrected chi connectivity index (χ4v) is 2.99. The van der Waals surface area contributed by atoms with Gasteiger partial charge in [-0.1, -0.05) is 43.5 Å². The quantitative estimate of drug-likeness (QED) is 0.895. The smallest absolute Gasteiger partial charge is 0.0662 e. The molecule has 106 valence electrons. The average Bonchev–Trinajstić information content (AvgIpc) is 2.40. The molecule has 2 rings (SSSR count). The Kier molecular flexibility index (Phi) is 4.32. The van der Waals surface area contributed by atoms with Crippen LogP contribution in [-0.2, 0) is 16.7 Å². The van der Waals surface area contributed by atoms with Crippen molar-refractivity contribution in [3.8, 4) is 0 Å². The summed E-state index contributed by atoms with van der Waals surface area (Å²) >= 11 is 0. The molecule has 1 aromatic rings. The van der Waals surface area contributed by atoms with Crippen LogP contribution < -0.4 is 5.73 Å². The number of hydrogen-bond donors (Lipinski definition) is 1. The Morgan fingerprint density at radius 1 is 1.11 bits per heavy atom. The van der Waals surface area contributed by atoms with E-state index >= 15 is 0 Å². The molecule has 0 heterocycles. The van der Waals surface area contributed by atoms with Crippen LogP contribution in [0.25, 0.3) is 0 Å². The molecule has 0 unspecified atom stereocenters. The third kappa shape index (κ3) is 3.58. The molecule has 0 aromatic heterocycles. The van der Waals surface area contributed by atoms with Crippen LogP contribution in [0.5, 0.6) is 0 Å². The molecule has 0 atom stereocenters. The van der Waals surface area contributed by atoms with Crippen LogP contribution in [-0.4, -0.2) is 12.7 Å². The van der Waals surface area contributed by atoms with Crippen molar-refractivity contribution in [2.45, 2.75) is 63.5 Å². The molecule has 19 heavy (non-hydrogen) atoms. The number of methoxy groups -OCH3 is 1. The van der Waals surface area contributed by atoms with Crippen molar-refractivity contribution in [3.63, 3.8) is 0 Å². The largest absolute Gasteiger partial charge is 0.378 e. The number of nitrogens with two attached hydrogens (primary N) is 1. The van der Waals surface area contributed by atoms with Crippen LogP contribution >= 0.6 is 0 Å². The molecule has 2 nitrogen and oxygen atoms in total. The summed E-state index contributed by atoms with van der Waals surface area (Å²) in [6.45, 7) is 4.24. The summed E-state index contributed by atoms with van der Waals surface area (Å²) in [4.78, 5) is 0. The highest BCUT2D eigenvalue weighted by Gasteiger charge is 2.29. The van der Waals surface area contributed by atoms with E-state index in [-0.39, 0.29) is 11.1 Å². The summed E-state index contributed by atoms with van der Waals surface area (Å²) in [5, 5.41) is 0. The summed E-state index contributed by atoms with van der Waals surface area (Å²) in [6, 6.07) is 8.84. The maximum absolute atomic E-state index is 6.56. The highest BCUT2D eigenvalue weighted by Crippen LogP contribution is 2.34. The van der Waals surface area contributed by atoms with Crippen LogP contribution in [0.4, 0.5) is 0 Å². The fraction of sp³-hybridized carbons (Fsp3) is 0.647. The second-order valence-corrected chi connectivity index (χ2v) is 6.55. The first kappa shape index (κ1) is 14.5. The van der Waals surface area contributed by atoms with Gasteiger partial charge in [-0.15, -0.1) is 0 Å². The van der Waals surface area contributed by atoms with Gasteiger partial charge in [0.15, 0.2) is 0 Å². The van der Waals surface area contributed by atoms with E-state index in [2.05, 4.69) is 38.1 Å². The van der Waals surface area contributed by atoms with Gasteiger partial charge in [0.2, 0.25) is 0 Å². The lowest BCUT2D eigenvalue weighted by atomic mass is 9.77. The molecule has 2 N–H and O–H groups in total. The number of hydrogen-bond acceptors (Lipinski definition) is 2. The Morgan fingerprint density at radius 2 is 1.68 bits per heavy atom. The van der Waals surface area contributed by atoms with Crippen molar-refractivity contribution < 1.29 is 4.74 Å². The number of rotatable bonds is 4. The molecule has 0 radical (unpaired) electrons. The highest BCUT2D eigenvalue weighted by molar-refractivity contribution is 5.29. The zero-order valence-electron chi connectivity index (χ0n) is 12.5. The van der Waals surface area contributed by atoms with Gasteiger partial charge in [0.25, 0.3) is 0 Å². The van der Waals surface area contributed by atoms with E-state index in [0.717, 1.165) is 19.3 Å². The van der Waals surface area contributed by atoms with Crippen molar-refractivity contribution in [1.82, 2.24) is 0 Å². The van der Waals surface area contributed by atoms with E-state index in [1.807, 2.05) is 0 Å². The third-order valence-corrected chi connectivity index (χ3v) is 4.46. The van der Waals surface area contributed by atoms with Gasteiger partial charge in [-0.05, 0) is 37.8 Å². The van der Waals surface area contributed by atoms with E-state index in [4.69, 9.17) is 10.5 Å². The Labute approximate surface area is 117 Å². The maximum Gasteiger partial charge on any atom is 0.0662 e. The Hall–Kier alpha value is -0.860. The van der Waals surface area contributed by atoms with Crippen molar-refractivity contribution in [1.29, 1.82) is 0 Å². The molecule has 1 fully saturated rings. The predicted molar refractivity (Wildman–Crippen MR) is 80.2 cm³/mol. The Bertz CT molecular complexity index is 402. The zero-order valence-corrected chi connectivity index (χ0v) is 12.5. The van der Waals surface area contributed by atoms with Gasteiger partial charge in [0.1, 0.15) is 0 Å². The fourth-order valence-electron chi connectivity index (χ4n) is 2.99. The topological polar surface area (TPSA) is 35.2 Å². The lowest BCUT2D eigenvalue weighted by molar-refractivity contribution is 0.0232. The molecule has 1 aliphatic rings. The molecule has 0 aliphatic heterocycles. The van der Waals surface area contributed by atoms with Gasteiger partial charge in [-0.25, -0.2) is 0 Å². The maximum atomic E-state index is 6.56. The highest BCUT2D eigenvalue weighted by atomic mass is 16.5. The lowest BCUT2D eigenvalue weighted by Crippen LogP contribution is -2.38. The molecular formula is C17H27NO. The van der Waals surface area contributed by atoms with Gasteiger partial charge in [0.05, 0.1) is 5.60 Å². The number of benzene rings is 1. The van der Waals surface area contributed by atoms with Crippen LogP contribution in [0, 0.1) is 0 Å². The molecule has 1 saturated carbocycles. The SMILES string of the molecule is COC(C)(C)Cc1ccc(C2(N)CCCCC2)cc1. The monoisotopic (exact) mass is 261 g/mol. The summed E-state index contributed by atoms with van der Waals surface area (Å²) in [6.07, 6.45) is 7.02. The lowest BCUT2D eigenvalue weighted by Gasteiger charge is -2.34. The van der Waals surface area contributed by atoms with Crippen molar-refractivity contribution in [3.05, 3.63) is 35.4 Å². The molecule has 0 spiro atoms. The minimum absolute atomic E-state index is 0.0897. The minimum atomic E-state index is -0.104. The second-order valence-electron chi connectivity index (χ2n) is 6.55. The normalized spacial score (nSPS) is 19.4. The van der Waals surface area contributed by atoms with Crippen LogP contribution in [0.15, 0.2) is 24.3 Å². The van der Waals surface area contributed by atoms with E-state index in [0.29, 0.717) is 0 Å². The van der Waals surface area contributed by atoms with Crippen molar-refractivity contribution in [2.24, 2.45) is 5.73 Å². The van der Waals surface area contributed by atoms with Gasteiger partial charge in [-0.3, -0.25) is 0 Å². The van der Waals surface area contributed by atoms with Crippen LogP contribution in [0.1, 0.15) is 57.1 Å². The van der Waals surface area contributed by atoms with E-state index in [1.54, 1.807) is 7.11 Å². The molecule has 1 aliphatic carbocycles. The van der Waals surface area contributed by atoms with Crippen LogP contribution in [0.3, 0.4) is 0 Å². The second kappa shape index (κ2) is 5.64. The summed E-state index contributed by atoms with van der Waals surface area (Å²) in [5.41, 5.74) is 8.98. The predicted octanol–water partition coefficient (Wildman–Crippen LogP) is 3.77. The standard InChI is InChI=1S/C17H27NO/c1-16(2,19-3)13-14-7-9-15(10-8-14)17(18)11-5-4-6-12-17/h7-10H,4-6,11-13,18H2,1-3H3. The van der Waals surface area contributed by atoms with E-state index < -0.39 is 0 Å². The minimum Gasteiger partial charge on any atom is -0.378 e. The van der Waals surface area contributed by atoms with E-state index in [9.17, 15) is 0 Å². The number of ether oxygens (including phenoxy) is 1. The molecule has 0 saturated heterocycles. The first-order chi connectivity index (χ1) is 8.95. The van der Waals surface area contributed by atoms with Gasteiger partial charge >= 0.3 is 0 Å². The van der Waals surface area contributed by atoms with Crippen LogP contribution in [0.2, 0.25) is 0 Å². The van der Waals surface area contributed by atoms with Crippen molar-refractivity contribution >= 4 is 0 Å². The Morgan fingerprint density at radius 3 is 2.21 bits per heavy atom. The molecule has 1 aromatic carbocycles. The molecule has 0 amide bonds. The average molecular weight is 261 g/mol. The first-order valence-electron chi connectivity index (χ1n) is 7.39. The summed E-state index contributed by atoms with van der Waals surface area (Å²) in [7, 11) is 1.77. The van der Waals surface area contributed by atoms with Gasteiger partial charge < -0.3 is 10.5 Å². The zero-order chi connectivity index (χ0) is 13.9. The van der Waals surface area contributed by atoms with Crippen molar-refractivity contribution in [2.75, 3.05) is 7.11 Å². The summed E-state index contributed by atoms with van der Waals surface area (Å²) < 4.78 is 5.48. The Balaban J connectivity index is 2.10. The van der Waals surface area contributed by atoms with Gasteiger partial charge in [0, 0.05) is 19.1 Å².